The Morgan fingerprint density at radius 2 is 2.06 bits per heavy atom. The summed E-state index contributed by atoms with van der Waals surface area (Å²) in [6.45, 7) is 0. The predicted molar refractivity (Wildman–Crippen MR) is 123 cm³/mol. The Balaban J connectivity index is 1.58. The van der Waals surface area contributed by atoms with Gasteiger partial charge in [-0.15, -0.1) is 0 Å². The molecule has 1 aliphatic heterocycles. The zero-order valence-corrected chi connectivity index (χ0v) is 19.3. The zero-order chi connectivity index (χ0) is 24.5. The highest BCUT2D eigenvalue weighted by Crippen LogP contribution is 2.37. The molecule has 13 heteroatoms. The fraction of sp³-hybridized carbons (Fsp3) is 0.190. The molecule has 3 aromatic rings. The van der Waals surface area contributed by atoms with E-state index in [0.717, 1.165) is 28.6 Å². The first-order valence-electron chi connectivity index (χ1n) is 9.58. The van der Waals surface area contributed by atoms with Crippen LogP contribution in [0.15, 0.2) is 57.4 Å². The van der Waals surface area contributed by atoms with Gasteiger partial charge in [0.15, 0.2) is 10.2 Å². The van der Waals surface area contributed by atoms with E-state index in [2.05, 4.69) is 15.2 Å². The second-order valence-electron chi connectivity index (χ2n) is 6.88. The summed E-state index contributed by atoms with van der Waals surface area (Å²) in [6, 6.07) is 9.83. The summed E-state index contributed by atoms with van der Waals surface area (Å²) in [6.07, 6.45) is -3.03. The first kappa shape index (κ1) is 23.7. The maximum atomic E-state index is 13.2. The number of nitrogens with zero attached hydrogens (tertiary/aromatic N) is 6. The molecular formula is C21H15F3N6O2S2. The third kappa shape index (κ3) is 4.73. The molecule has 0 N–H and O–H groups in total. The Morgan fingerprint density at radius 1 is 1.26 bits per heavy atom. The van der Waals surface area contributed by atoms with Gasteiger partial charge in [-0.1, -0.05) is 35.7 Å². The van der Waals surface area contributed by atoms with Crippen LogP contribution in [0.5, 0.6) is 5.88 Å². The number of benzene rings is 1. The standard InChI is InChI=1S/C21H15F3N6O2S2/c1-29-15-10-26-30(16-4-3-5-17(27-16)32-2)19(31)18(15)34-20(28-29)33-11-12-6-7-14(21(22,23)24)8-13(12)9-25/h3-8,10H,11H2,1-2H3. The van der Waals surface area contributed by atoms with Crippen molar-refractivity contribution in [2.45, 2.75) is 16.8 Å². The van der Waals surface area contributed by atoms with Crippen molar-refractivity contribution in [3.05, 3.63) is 69.6 Å². The second-order valence-corrected chi connectivity index (χ2v) is 9.10. The van der Waals surface area contributed by atoms with Crippen molar-refractivity contribution >= 4 is 33.6 Å². The van der Waals surface area contributed by atoms with E-state index in [1.807, 2.05) is 6.07 Å². The lowest BCUT2D eigenvalue weighted by Gasteiger charge is -2.23. The summed E-state index contributed by atoms with van der Waals surface area (Å²) < 4.78 is 45.6. The van der Waals surface area contributed by atoms with E-state index < -0.39 is 17.3 Å². The van der Waals surface area contributed by atoms with Crippen molar-refractivity contribution in [3.8, 4) is 17.8 Å². The quantitative estimate of drug-likeness (QED) is 0.520. The highest BCUT2D eigenvalue weighted by molar-refractivity contribution is 8.38. The first-order valence-corrected chi connectivity index (χ1v) is 11.4. The number of thioether (sulfide) groups is 2. The summed E-state index contributed by atoms with van der Waals surface area (Å²) in [5, 5.41) is 19.4. The Labute approximate surface area is 200 Å². The SMILES string of the molecule is COc1cccc(-n2ncc3c(c2=O)SC(SCc2ccc(C(F)(F)F)cc2C#N)=NN3C)n1. The normalized spacial score (nSPS) is 13.2. The molecule has 0 saturated heterocycles. The van der Waals surface area contributed by atoms with E-state index >= 15 is 0 Å². The van der Waals surface area contributed by atoms with E-state index in [9.17, 15) is 23.2 Å². The van der Waals surface area contributed by atoms with E-state index in [1.165, 1.54) is 36.1 Å². The largest absolute Gasteiger partial charge is 0.481 e. The third-order valence-electron chi connectivity index (χ3n) is 4.73. The molecule has 1 aromatic carbocycles. The van der Waals surface area contributed by atoms with Gasteiger partial charge in [-0.05, 0) is 23.8 Å². The molecule has 4 rings (SSSR count). The van der Waals surface area contributed by atoms with Crippen LogP contribution in [0.4, 0.5) is 18.9 Å². The van der Waals surface area contributed by atoms with Crippen LogP contribution in [-0.2, 0) is 11.9 Å². The van der Waals surface area contributed by atoms with Gasteiger partial charge < -0.3 is 4.74 Å². The second kappa shape index (κ2) is 9.40. The maximum absolute atomic E-state index is 13.2. The number of anilines is 1. The smallest absolute Gasteiger partial charge is 0.416 e. The number of methoxy groups -OCH3 is 1. The van der Waals surface area contributed by atoms with Crippen molar-refractivity contribution in [2.75, 3.05) is 19.2 Å². The van der Waals surface area contributed by atoms with Crippen LogP contribution in [-0.4, -0.2) is 33.3 Å². The Bertz CT molecular complexity index is 1380. The van der Waals surface area contributed by atoms with Crippen LogP contribution >= 0.6 is 23.5 Å². The summed E-state index contributed by atoms with van der Waals surface area (Å²) >= 11 is 2.33. The van der Waals surface area contributed by atoms with Gasteiger partial charge in [-0.2, -0.15) is 38.3 Å². The van der Waals surface area contributed by atoms with Crippen LogP contribution in [0.1, 0.15) is 16.7 Å². The summed E-state index contributed by atoms with van der Waals surface area (Å²) in [7, 11) is 3.13. The molecule has 0 fully saturated rings. The number of rotatable bonds is 4. The molecule has 3 heterocycles. The van der Waals surface area contributed by atoms with E-state index in [1.54, 1.807) is 25.2 Å². The van der Waals surface area contributed by atoms with Crippen molar-refractivity contribution in [3.63, 3.8) is 0 Å². The average molecular weight is 505 g/mol. The summed E-state index contributed by atoms with van der Waals surface area (Å²) in [5.41, 5.74) is -0.408. The Kier molecular flexibility index (Phi) is 6.54. The van der Waals surface area contributed by atoms with E-state index in [-0.39, 0.29) is 17.1 Å². The highest BCUT2D eigenvalue weighted by atomic mass is 32.2. The molecule has 0 unspecified atom stereocenters. The number of halogens is 3. The average Bonchev–Trinajstić information content (AvgIpc) is 2.82. The number of aromatic nitrogens is 3. The van der Waals surface area contributed by atoms with Gasteiger partial charge in [-0.3, -0.25) is 9.80 Å². The number of pyridine rings is 1. The first-order chi connectivity index (χ1) is 16.2. The number of hydrogen-bond donors (Lipinski definition) is 0. The molecule has 0 amide bonds. The van der Waals surface area contributed by atoms with Crippen molar-refractivity contribution in [1.82, 2.24) is 14.8 Å². The number of nitriles is 1. The summed E-state index contributed by atoms with van der Waals surface area (Å²) in [4.78, 5) is 17.8. The lowest BCUT2D eigenvalue weighted by molar-refractivity contribution is -0.137. The molecule has 0 aliphatic carbocycles. The van der Waals surface area contributed by atoms with Crippen LogP contribution in [0, 0.1) is 11.3 Å². The molecule has 0 radical (unpaired) electrons. The number of ether oxygens (including phenoxy) is 1. The molecule has 0 saturated carbocycles. The molecule has 2 aromatic heterocycles. The molecule has 0 atom stereocenters. The van der Waals surface area contributed by atoms with Gasteiger partial charge in [0, 0.05) is 18.9 Å². The van der Waals surface area contributed by atoms with Crippen LogP contribution in [0.25, 0.3) is 5.82 Å². The van der Waals surface area contributed by atoms with Gasteiger partial charge in [0.25, 0.3) is 5.56 Å². The van der Waals surface area contributed by atoms with E-state index in [4.69, 9.17) is 4.74 Å². The maximum Gasteiger partial charge on any atom is 0.416 e. The molecular weight excluding hydrogens is 489 g/mol. The lowest BCUT2D eigenvalue weighted by atomic mass is 10.1. The molecule has 0 spiro atoms. The van der Waals surface area contributed by atoms with E-state index in [0.29, 0.717) is 26.4 Å². The zero-order valence-electron chi connectivity index (χ0n) is 17.7. The minimum Gasteiger partial charge on any atom is -0.481 e. The molecule has 1 aliphatic rings. The molecule has 0 bridgehead atoms. The molecule has 174 valence electrons. The van der Waals surface area contributed by atoms with Gasteiger partial charge in [0.05, 0.1) is 36.2 Å². The van der Waals surface area contributed by atoms with Gasteiger partial charge in [-0.25, -0.2) is 0 Å². The number of hydrogen-bond acceptors (Lipinski definition) is 9. The molecule has 8 nitrogen and oxygen atoms in total. The minimum absolute atomic E-state index is 0.0619. The Hall–Kier alpha value is -3.50. The lowest BCUT2D eigenvalue weighted by Crippen LogP contribution is -2.28. The Morgan fingerprint density at radius 3 is 2.76 bits per heavy atom. The van der Waals surface area contributed by atoms with Gasteiger partial charge in [0.2, 0.25) is 5.88 Å². The fourth-order valence-corrected chi connectivity index (χ4v) is 5.19. The number of fused-ring (bicyclic) bond motifs is 1. The predicted octanol–water partition coefficient (Wildman–Crippen LogP) is 4.27. The minimum atomic E-state index is -4.53. The summed E-state index contributed by atoms with van der Waals surface area (Å²) in [5.74, 6) is 0.819. The van der Waals surface area contributed by atoms with Crippen LogP contribution in [0.2, 0.25) is 0 Å². The van der Waals surface area contributed by atoms with Crippen molar-refractivity contribution in [2.24, 2.45) is 5.10 Å². The fourth-order valence-electron chi connectivity index (χ4n) is 3.02. The van der Waals surface area contributed by atoms with Crippen molar-refractivity contribution < 1.29 is 17.9 Å². The third-order valence-corrected chi connectivity index (χ3v) is 6.96. The van der Waals surface area contributed by atoms with Gasteiger partial charge >= 0.3 is 6.18 Å². The topological polar surface area (TPSA) is 96.4 Å². The van der Waals surface area contributed by atoms with Crippen LogP contribution in [0.3, 0.4) is 0 Å². The monoisotopic (exact) mass is 504 g/mol. The molecule has 34 heavy (non-hydrogen) atoms. The highest BCUT2D eigenvalue weighted by Gasteiger charge is 2.31. The number of hydrazone groups is 1. The van der Waals surface area contributed by atoms with Crippen molar-refractivity contribution in [1.29, 1.82) is 5.26 Å². The van der Waals surface area contributed by atoms with Crippen LogP contribution < -0.4 is 15.3 Å². The number of alkyl halides is 3. The van der Waals surface area contributed by atoms with Gasteiger partial charge in [0.1, 0.15) is 4.90 Å².